The number of hydrogen-bond acceptors (Lipinski definition) is 2. The van der Waals surface area contributed by atoms with Gasteiger partial charge in [-0.05, 0) is 68.0 Å². The van der Waals surface area contributed by atoms with E-state index in [1.54, 1.807) is 0 Å². The molecule has 1 unspecified atom stereocenters. The van der Waals surface area contributed by atoms with Crippen molar-refractivity contribution in [3.8, 4) is 5.75 Å². The van der Waals surface area contributed by atoms with Crippen LogP contribution in [-0.4, -0.2) is 0 Å². The van der Waals surface area contributed by atoms with Gasteiger partial charge in [-0.2, -0.15) is 0 Å². The molecular weight excluding hydrogens is 306 g/mol. The summed E-state index contributed by atoms with van der Waals surface area (Å²) >= 11 is 0. The van der Waals surface area contributed by atoms with Gasteiger partial charge in [-0.15, -0.1) is 0 Å². The second-order valence-electron chi connectivity index (χ2n) is 6.95. The monoisotopic (exact) mass is 335 g/mol. The van der Waals surface area contributed by atoms with Gasteiger partial charge in [0.05, 0.1) is 12.3 Å². The standard InChI is InChI=1S/C23H29NO/c1-3-4-5-6-7-16-25-21-13-15-23-20(17-21)12-14-22(24-23)19-10-8-18(2)9-11-19/h7-11,13,15-17,22,24H,3-6,12,14H2,1-2H3/b16-7-. The van der Waals surface area contributed by atoms with Crippen LogP contribution in [0.15, 0.2) is 54.8 Å². The normalized spacial score (nSPS) is 16.5. The lowest BCUT2D eigenvalue weighted by atomic mass is 9.93. The van der Waals surface area contributed by atoms with Gasteiger partial charge < -0.3 is 10.1 Å². The first-order valence-corrected chi connectivity index (χ1v) is 9.54. The van der Waals surface area contributed by atoms with Gasteiger partial charge in [0, 0.05) is 5.69 Å². The second kappa shape index (κ2) is 8.75. The zero-order valence-corrected chi connectivity index (χ0v) is 15.4. The van der Waals surface area contributed by atoms with Crippen LogP contribution in [-0.2, 0) is 6.42 Å². The number of aryl methyl sites for hydroxylation is 2. The Kier molecular flexibility index (Phi) is 6.16. The SMILES string of the molecule is CCCCC/C=C\Oc1ccc2c(c1)CCC(c1ccc(C)cc1)N2. The van der Waals surface area contributed by atoms with Crippen LogP contribution in [0.2, 0.25) is 0 Å². The Morgan fingerprint density at radius 2 is 1.96 bits per heavy atom. The molecule has 0 bridgehead atoms. The van der Waals surface area contributed by atoms with Crippen molar-refractivity contribution < 1.29 is 4.74 Å². The average Bonchev–Trinajstić information content (AvgIpc) is 2.65. The smallest absolute Gasteiger partial charge is 0.126 e. The van der Waals surface area contributed by atoms with E-state index in [2.05, 4.69) is 67.7 Å². The summed E-state index contributed by atoms with van der Waals surface area (Å²) in [5, 5.41) is 3.68. The molecule has 0 amide bonds. The first-order valence-electron chi connectivity index (χ1n) is 9.54. The fraction of sp³-hybridized carbons (Fsp3) is 0.391. The van der Waals surface area contributed by atoms with Crippen molar-refractivity contribution in [2.75, 3.05) is 5.32 Å². The van der Waals surface area contributed by atoms with Crippen molar-refractivity contribution >= 4 is 5.69 Å². The fourth-order valence-electron chi connectivity index (χ4n) is 3.31. The molecule has 132 valence electrons. The van der Waals surface area contributed by atoms with Crippen LogP contribution >= 0.6 is 0 Å². The van der Waals surface area contributed by atoms with Crippen LogP contribution in [0.3, 0.4) is 0 Å². The van der Waals surface area contributed by atoms with Gasteiger partial charge in [0.2, 0.25) is 0 Å². The van der Waals surface area contributed by atoms with E-state index in [-0.39, 0.29) is 0 Å². The highest BCUT2D eigenvalue weighted by Gasteiger charge is 2.19. The van der Waals surface area contributed by atoms with Gasteiger partial charge >= 0.3 is 0 Å². The molecule has 1 N–H and O–H groups in total. The van der Waals surface area contributed by atoms with E-state index in [0.717, 1.165) is 25.0 Å². The molecule has 2 heteroatoms. The van der Waals surface area contributed by atoms with Crippen molar-refractivity contribution in [1.82, 2.24) is 0 Å². The van der Waals surface area contributed by atoms with Gasteiger partial charge in [0.1, 0.15) is 5.75 Å². The molecule has 1 heterocycles. The molecule has 2 aromatic carbocycles. The molecule has 0 saturated heterocycles. The molecule has 1 atom stereocenters. The van der Waals surface area contributed by atoms with Crippen molar-refractivity contribution in [2.24, 2.45) is 0 Å². The van der Waals surface area contributed by atoms with Crippen LogP contribution in [0.25, 0.3) is 0 Å². The maximum atomic E-state index is 5.77. The third-order valence-corrected chi connectivity index (χ3v) is 4.86. The molecule has 0 fully saturated rings. The highest BCUT2D eigenvalue weighted by molar-refractivity contribution is 5.57. The van der Waals surface area contributed by atoms with Gasteiger partial charge in [-0.25, -0.2) is 0 Å². The van der Waals surface area contributed by atoms with Crippen molar-refractivity contribution in [3.63, 3.8) is 0 Å². The van der Waals surface area contributed by atoms with Crippen molar-refractivity contribution in [2.45, 2.75) is 58.4 Å². The first-order chi connectivity index (χ1) is 12.3. The Hall–Kier alpha value is -2.22. The molecule has 1 aliphatic rings. The number of allylic oxidation sites excluding steroid dienone is 1. The number of benzene rings is 2. The predicted octanol–water partition coefficient (Wildman–Crippen LogP) is 6.57. The maximum Gasteiger partial charge on any atom is 0.126 e. The van der Waals surface area contributed by atoms with Crippen LogP contribution in [0.5, 0.6) is 5.75 Å². The van der Waals surface area contributed by atoms with E-state index in [1.807, 2.05) is 6.26 Å². The van der Waals surface area contributed by atoms with E-state index in [1.165, 1.54) is 41.6 Å². The molecule has 1 aliphatic heterocycles. The molecule has 0 saturated carbocycles. The molecule has 25 heavy (non-hydrogen) atoms. The third-order valence-electron chi connectivity index (χ3n) is 4.86. The summed E-state index contributed by atoms with van der Waals surface area (Å²) in [6.07, 6.45) is 11.0. The van der Waals surface area contributed by atoms with Crippen LogP contribution in [0.1, 0.15) is 61.8 Å². The summed E-state index contributed by atoms with van der Waals surface area (Å²) in [4.78, 5) is 0. The average molecular weight is 335 g/mol. The van der Waals surface area contributed by atoms with Crippen LogP contribution in [0.4, 0.5) is 5.69 Å². The Labute approximate surface area is 151 Å². The maximum absolute atomic E-state index is 5.77. The summed E-state index contributed by atoms with van der Waals surface area (Å²) < 4.78 is 5.77. The van der Waals surface area contributed by atoms with E-state index in [4.69, 9.17) is 4.74 Å². The lowest BCUT2D eigenvalue weighted by molar-refractivity contribution is 0.476. The summed E-state index contributed by atoms with van der Waals surface area (Å²) in [5.41, 5.74) is 5.26. The number of rotatable bonds is 7. The Bertz CT molecular complexity index is 703. The van der Waals surface area contributed by atoms with Crippen molar-refractivity contribution in [1.29, 1.82) is 0 Å². The van der Waals surface area contributed by atoms with Crippen LogP contribution < -0.4 is 10.1 Å². The summed E-state index contributed by atoms with van der Waals surface area (Å²) in [6.45, 7) is 4.36. The minimum Gasteiger partial charge on any atom is -0.465 e. The third kappa shape index (κ3) is 4.88. The number of anilines is 1. The minimum atomic E-state index is 0.401. The topological polar surface area (TPSA) is 21.3 Å². The minimum absolute atomic E-state index is 0.401. The zero-order chi connectivity index (χ0) is 17.5. The molecule has 0 aromatic heterocycles. The first kappa shape index (κ1) is 17.6. The number of fused-ring (bicyclic) bond motifs is 1. The molecular formula is C23H29NO. The molecule has 0 radical (unpaired) electrons. The Morgan fingerprint density at radius 3 is 2.76 bits per heavy atom. The zero-order valence-electron chi connectivity index (χ0n) is 15.4. The summed E-state index contributed by atoms with van der Waals surface area (Å²) in [7, 11) is 0. The molecule has 2 aromatic rings. The largest absolute Gasteiger partial charge is 0.465 e. The Balaban J connectivity index is 1.58. The number of nitrogens with one attached hydrogen (secondary N) is 1. The molecule has 3 rings (SSSR count). The number of hydrogen-bond donors (Lipinski definition) is 1. The van der Waals surface area contributed by atoms with Gasteiger partial charge in [0.15, 0.2) is 0 Å². The molecule has 2 nitrogen and oxygen atoms in total. The highest BCUT2D eigenvalue weighted by atomic mass is 16.5. The molecule has 0 spiro atoms. The quantitative estimate of drug-likeness (QED) is 0.456. The highest BCUT2D eigenvalue weighted by Crippen LogP contribution is 2.34. The summed E-state index contributed by atoms with van der Waals surface area (Å²) in [5.74, 6) is 0.932. The fourth-order valence-corrected chi connectivity index (χ4v) is 3.31. The number of unbranched alkanes of at least 4 members (excludes halogenated alkanes) is 3. The van der Waals surface area contributed by atoms with Crippen LogP contribution in [0, 0.1) is 6.92 Å². The van der Waals surface area contributed by atoms with E-state index in [9.17, 15) is 0 Å². The van der Waals surface area contributed by atoms with E-state index < -0.39 is 0 Å². The predicted molar refractivity (Wildman–Crippen MR) is 106 cm³/mol. The van der Waals surface area contributed by atoms with Gasteiger partial charge in [-0.1, -0.05) is 49.6 Å². The van der Waals surface area contributed by atoms with E-state index in [0.29, 0.717) is 6.04 Å². The van der Waals surface area contributed by atoms with Gasteiger partial charge in [0.25, 0.3) is 0 Å². The van der Waals surface area contributed by atoms with Crippen molar-refractivity contribution in [3.05, 3.63) is 71.5 Å². The second-order valence-corrected chi connectivity index (χ2v) is 6.95. The molecule has 0 aliphatic carbocycles. The Morgan fingerprint density at radius 1 is 1.12 bits per heavy atom. The lowest BCUT2D eigenvalue weighted by Gasteiger charge is -2.27. The number of ether oxygens (including phenoxy) is 1. The summed E-state index contributed by atoms with van der Waals surface area (Å²) in [6, 6.07) is 15.6. The van der Waals surface area contributed by atoms with E-state index >= 15 is 0 Å². The van der Waals surface area contributed by atoms with Gasteiger partial charge in [-0.3, -0.25) is 0 Å². The lowest BCUT2D eigenvalue weighted by Crippen LogP contribution is -2.17.